The van der Waals surface area contributed by atoms with E-state index in [2.05, 4.69) is 39.1 Å². The van der Waals surface area contributed by atoms with Crippen molar-refractivity contribution in [2.45, 2.75) is 25.0 Å². The normalized spacial score (nSPS) is 19.6. The molecule has 1 aromatic carbocycles. The lowest BCUT2D eigenvalue weighted by Gasteiger charge is -2.32. The van der Waals surface area contributed by atoms with E-state index >= 15 is 0 Å². The highest BCUT2D eigenvalue weighted by Gasteiger charge is 2.28. The summed E-state index contributed by atoms with van der Waals surface area (Å²) in [5, 5.41) is 3.40. The van der Waals surface area contributed by atoms with E-state index in [1.807, 2.05) is 26.5 Å². The van der Waals surface area contributed by atoms with Gasteiger partial charge in [-0.15, -0.1) is 0 Å². The Labute approximate surface area is 119 Å². The molecule has 2 unspecified atom stereocenters. The van der Waals surface area contributed by atoms with E-state index in [9.17, 15) is 0 Å². The molecule has 2 heterocycles. The van der Waals surface area contributed by atoms with Crippen molar-refractivity contribution in [2.75, 3.05) is 13.7 Å². The van der Waals surface area contributed by atoms with Crippen LogP contribution in [0.15, 0.2) is 36.7 Å². The Bertz CT molecular complexity index is 579. The zero-order valence-corrected chi connectivity index (χ0v) is 12.0. The van der Waals surface area contributed by atoms with Gasteiger partial charge >= 0.3 is 0 Å². The van der Waals surface area contributed by atoms with Crippen molar-refractivity contribution >= 4 is 0 Å². The summed E-state index contributed by atoms with van der Waals surface area (Å²) in [6, 6.07) is 8.82. The number of likely N-dealkylation sites (N-methyl/N-ethyl adjacent to an activating group) is 1. The van der Waals surface area contributed by atoms with Crippen LogP contribution in [0.1, 0.15) is 23.1 Å². The first kappa shape index (κ1) is 13.3. The number of rotatable bonds is 4. The number of aryl methyl sites for hydroxylation is 1. The van der Waals surface area contributed by atoms with Crippen LogP contribution in [-0.2, 0) is 24.6 Å². The highest BCUT2D eigenvalue weighted by atomic mass is 16.5. The standard InChI is InChI=1S/C16H21N3O/c1-17-14(11-15-18-8-9-19(15)2)16-13-6-4-3-5-12(13)7-10-20-16/h3-6,8-9,14,16-17H,7,10-11H2,1-2H3. The van der Waals surface area contributed by atoms with E-state index in [4.69, 9.17) is 4.74 Å². The molecule has 4 heteroatoms. The Kier molecular flexibility index (Phi) is 3.85. The Morgan fingerprint density at radius 1 is 1.45 bits per heavy atom. The lowest BCUT2D eigenvalue weighted by Crippen LogP contribution is -2.38. The minimum Gasteiger partial charge on any atom is -0.372 e. The summed E-state index contributed by atoms with van der Waals surface area (Å²) in [5.74, 6) is 1.08. The monoisotopic (exact) mass is 271 g/mol. The number of benzene rings is 1. The van der Waals surface area contributed by atoms with Crippen LogP contribution in [-0.4, -0.2) is 29.2 Å². The molecule has 2 atom stereocenters. The van der Waals surface area contributed by atoms with Crippen molar-refractivity contribution < 1.29 is 4.74 Å². The lowest BCUT2D eigenvalue weighted by molar-refractivity contribution is 0.0166. The summed E-state index contributed by atoms with van der Waals surface area (Å²) in [5.41, 5.74) is 2.72. The van der Waals surface area contributed by atoms with Crippen molar-refractivity contribution in [1.29, 1.82) is 0 Å². The fraction of sp³-hybridized carbons (Fsp3) is 0.438. The SMILES string of the molecule is CNC(Cc1nccn1C)C1OCCc2ccccc21. The number of nitrogens with zero attached hydrogens (tertiary/aromatic N) is 2. The topological polar surface area (TPSA) is 39.1 Å². The first-order valence-corrected chi connectivity index (χ1v) is 7.12. The number of hydrogen-bond donors (Lipinski definition) is 1. The Morgan fingerprint density at radius 3 is 3.05 bits per heavy atom. The molecule has 2 aromatic rings. The van der Waals surface area contributed by atoms with Crippen LogP contribution in [0, 0.1) is 0 Å². The molecule has 1 aliphatic rings. The second-order valence-corrected chi connectivity index (χ2v) is 5.29. The van der Waals surface area contributed by atoms with Crippen LogP contribution in [0.25, 0.3) is 0 Å². The Hall–Kier alpha value is -1.65. The predicted octanol–water partition coefficient (Wildman–Crippen LogP) is 1.86. The third-order valence-corrected chi connectivity index (χ3v) is 4.09. The Morgan fingerprint density at radius 2 is 2.30 bits per heavy atom. The van der Waals surface area contributed by atoms with Crippen molar-refractivity contribution in [3.8, 4) is 0 Å². The molecule has 0 saturated heterocycles. The second-order valence-electron chi connectivity index (χ2n) is 5.29. The van der Waals surface area contributed by atoms with Gasteiger partial charge in [-0.3, -0.25) is 0 Å². The highest BCUT2D eigenvalue weighted by molar-refractivity contribution is 5.32. The van der Waals surface area contributed by atoms with Crippen LogP contribution >= 0.6 is 0 Å². The van der Waals surface area contributed by atoms with Crippen molar-refractivity contribution in [1.82, 2.24) is 14.9 Å². The van der Waals surface area contributed by atoms with Gasteiger partial charge < -0.3 is 14.6 Å². The number of nitrogens with one attached hydrogen (secondary N) is 1. The number of ether oxygens (including phenoxy) is 1. The largest absolute Gasteiger partial charge is 0.372 e. The van der Waals surface area contributed by atoms with Crippen LogP contribution in [0.5, 0.6) is 0 Å². The third kappa shape index (κ3) is 2.49. The molecule has 0 radical (unpaired) electrons. The number of fused-ring (bicyclic) bond motifs is 1. The molecule has 0 spiro atoms. The Balaban J connectivity index is 1.85. The van der Waals surface area contributed by atoms with Gasteiger partial charge in [0.15, 0.2) is 0 Å². The maximum atomic E-state index is 6.05. The quantitative estimate of drug-likeness (QED) is 0.922. The molecule has 20 heavy (non-hydrogen) atoms. The molecule has 0 aliphatic carbocycles. The fourth-order valence-electron chi connectivity index (χ4n) is 2.91. The highest BCUT2D eigenvalue weighted by Crippen LogP contribution is 2.30. The maximum absolute atomic E-state index is 6.05. The van der Waals surface area contributed by atoms with Crippen molar-refractivity contribution in [2.24, 2.45) is 7.05 Å². The van der Waals surface area contributed by atoms with Gasteiger partial charge in [0.25, 0.3) is 0 Å². The molecule has 0 saturated carbocycles. The van der Waals surface area contributed by atoms with Crippen LogP contribution in [0.2, 0.25) is 0 Å². The molecule has 0 bridgehead atoms. The molecular formula is C16H21N3O. The summed E-state index contributed by atoms with van der Waals surface area (Å²) in [7, 11) is 4.03. The smallest absolute Gasteiger partial charge is 0.110 e. The minimum atomic E-state index is 0.0987. The predicted molar refractivity (Wildman–Crippen MR) is 78.6 cm³/mol. The molecular weight excluding hydrogens is 250 g/mol. The van der Waals surface area contributed by atoms with E-state index in [0.29, 0.717) is 0 Å². The van der Waals surface area contributed by atoms with Gasteiger partial charge in [-0.05, 0) is 24.6 Å². The minimum absolute atomic E-state index is 0.0987. The van der Waals surface area contributed by atoms with Crippen LogP contribution in [0.4, 0.5) is 0 Å². The number of imidazole rings is 1. The molecule has 1 aromatic heterocycles. The molecule has 4 nitrogen and oxygen atoms in total. The molecule has 106 valence electrons. The summed E-state index contributed by atoms with van der Waals surface area (Å²) in [6.07, 6.45) is 5.79. The third-order valence-electron chi connectivity index (χ3n) is 4.09. The lowest BCUT2D eigenvalue weighted by atomic mass is 9.92. The second kappa shape index (κ2) is 5.77. The fourth-order valence-corrected chi connectivity index (χ4v) is 2.91. The summed E-state index contributed by atoms with van der Waals surface area (Å²) in [4.78, 5) is 4.42. The first-order valence-electron chi connectivity index (χ1n) is 7.12. The van der Waals surface area contributed by atoms with Gasteiger partial charge in [-0.25, -0.2) is 4.98 Å². The van der Waals surface area contributed by atoms with Crippen LogP contribution in [0.3, 0.4) is 0 Å². The molecule has 3 rings (SSSR count). The molecule has 0 amide bonds. The molecule has 1 N–H and O–H groups in total. The maximum Gasteiger partial charge on any atom is 0.110 e. The average molecular weight is 271 g/mol. The molecule has 0 fully saturated rings. The van der Waals surface area contributed by atoms with Gasteiger partial charge in [0.05, 0.1) is 12.7 Å². The molecule has 1 aliphatic heterocycles. The van der Waals surface area contributed by atoms with Gasteiger partial charge in [-0.2, -0.15) is 0 Å². The summed E-state index contributed by atoms with van der Waals surface area (Å²) in [6.45, 7) is 0.792. The van der Waals surface area contributed by atoms with E-state index in [0.717, 1.165) is 25.3 Å². The zero-order chi connectivity index (χ0) is 13.9. The first-order chi connectivity index (χ1) is 9.79. The van der Waals surface area contributed by atoms with Gasteiger partial charge in [0.1, 0.15) is 5.82 Å². The van der Waals surface area contributed by atoms with Gasteiger partial charge in [0.2, 0.25) is 0 Å². The van der Waals surface area contributed by atoms with E-state index in [1.54, 1.807) is 0 Å². The number of hydrogen-bond acceptors (Lipinski definition) is 3. The van der Waals surface area contributed by atoms with Crippen molar-refractivity contribution in [3.63, 3.8) is 0 Å². The van der Waals surface area contributed by atoms with Gasteiger partial charge in [0, 0.05) is 31.9 Å². The summed E-state index contributed by atoms with van der Waals surface area (Å²) < 4.78 is 8.12. The van der Waals surface area contributed by atoms with E-state index in [-0.39, 0.29) is 12.1 Å². The van der Waals surface area contributed by atoms with Crippen LogP contribution < -0.4 is 5.32 Å². The average Bonchev–Trinajstić information content (AvgIpc) is 2.89. The summed E-state index contributed by atoms with van der Waals surface area (Å²) >= 11 is 0. The number of aromatic nitrogens is 2. The van der Waals surface area contributed by atoms with Crippen molar-refractivity contribution in [3.05, 3.63) is 53.6 Å². The van der Waals surface area contributed by atoms with Gasteiger partial charge in [-0.1, -0.05) is 24.3 Å². The van der Waals surface area contributed by atoms with E-state index < -0.39 is 0 Å². The zero-order valence-electron chi connectivity index (χ0n) is 12.0. The van der Waals surface area contributed by atoms with E-state index in [1.165, 1.54) is 11.1 Å².